The number of ether oxygens (including phenoxy) is 2. The summed E-state index contributed by atoms with van der Waals surface area (Å²) in [5.74, 6) is -3.60. The van der Waals surface area contributed by atoms with E-state index in [1.807, 2.05) is 16.7 Å². The molecular formula is C17H23NO5. The summed E-state index contributed by atoms with van der Waals surface area (Å²) in [5.41, 5.74) is -0.867. The zero-order valence-corrected chi connectivity index (χ0v) is 13.6. The van der Waals surface area contributed by atoms with Gasteiger partial charge in [0.1, 0.15) is 5.54 Å². The van der Waals surface area contributed by atoms with Crippen LogP contribution in [0.15, 0.2) is 24.5 Å². The molecule has 0 spiro atoms. The molecule has 0 saturated heterocycles. The molecule has 23 heavy (non-hydrogen) atoms. The number of hydrogen-bond acceptors (Lipinski definition) is 5. The second-order valence-electron chi connectivity index (χ2n) is 5.63. The molecule has 0 amide bonds. The quantitative estimate of drug-likeness (QED) is 0.568. The highest BCUT2D eigenvalue weighted by Crippen LogP contribution is 2.39. The molecule has 0 bridgehead atoms. The Hall–Kier alpha value is -2.11. The van der Waals surface area contributed by atoms with Gasteiger partial charge in [-0.25, -0.2) is 0 Å². The highest BCUT2D eigenvalue weighted by Gasteiger charge is 2.51. The van der Waals surface area contributed by atoms with Crippen LogP contribution in [0.4, 0.5) is 0 Å². The van der Waals surface area contributed by atoms with Crippen molar-refractivity contribution in [3.8, 4) is 0 Å². The largest absolute Gasteiger partial charge is 0.465 e. The third-order valence-corrected chi connectivity index (χ3v) is 4.29. The highest BCUT2D eigenvalue weighted by atomic mass is 16.6. The van der Waals surface area contributed by atoms with Gasteiger partial charge in [0.05, 0.1) is 13.2 Å². The Morgan fingerprint density at radius 3 is 1.91 bits per heavy atom. The molecule has 1 aromatic rings. The molecule has 0 unspecified atom stereocenters. The van der Waals surface area contributed by atoms with E-state index in [0.29, 0.717) is 12.8 Å². The van der Waals surface area contributed by atoms with Gasteiger partial charge in [0.15, 0.2) is 5.78 Å². The van der Waals surface area contributed by atoms with Crippen LogP contribution in [-0.2, 0) is 29.4 Å². The predicted molar refractivity (Wildman–Crippen MR) is 82.6 cm³/mol. The van der Waals surface area contributed by atoms with Crippen LogP contribution in [0.5, 0.6) is 0 Å². The van der Waals surface area contributed by atoms with Crippen LogP contribution in [0.3, 0.4) is 0 Å². The predicted octanol–water partition coefficient (Wildman–Crippen LogP) is 2.07. The lowest BCUT2D eigenvalue weighted by Crippen LogP contribution is -2.48. The second kappa shape index (κ2) is 7.44. The van der Waals surface area contributed by atoms with Crippen LogP contribution in [-0.4, -0.2) is 35.5 Å². The summed E-state index contributed by atoms with van der Waals surface area (Å²) in [7, 11) is 0. The fraction of sp³-hybridized carbons (Fsp3) is 0.588. The molecule has 2 rings (SSSR count). The van der Waals surface area contributed by atoms with E-state index in [4.69, 9.17) is 9.47 Å². The summed E-state index contributed by atoms with van der Waals surface area (Å²) in [5, 5.41) is 0. The first-order valence-electron chi connectivity index (χ1n) is 8.08. The number of esters is 2. The lowest BCUT2D eigenvalue weighted by molar-refractivity contribution is -0.166. The van der Waals surface area contributed by atoms with Crippen LogP contribution in [0, 0.1) is 5.92 Å². The Morgan fingerprint density at radius 2 is 1.48 bits per heavy atom. The summed E-state index contributed by atoms with van der Waals surface area (Å²) in [6.45, 7) is 3.50. The van der Waals surface area contributed by atoms with Gasteiger partial charge in [-0.1, -0.05) is 12.8 Å². The minimum absolute atomic E-state index is 0.110. The van der Waals surface area contributed by atoms with Crippen LogP contribution in [0.1, 0.15) is 39.5 Å². The van der Waals surface area contributed by atoms with Gasteiger partial charge in [0, 0.05) is 12.4 Å². The van der Waals surface area contributed by atoms with Crippen molar-refractivity contribution in [3.63, 3.8) is 0 Å². The SMILES string of the molecule is CCOC(=O)C(C(=O)OCC)C(=O)C1(n2cccc2)CCCC1. The van der Waals surface area contributed by atoms with E-state index < -0.39 is 29.2 Å². The van der Waals surface area contributed by atoms with E-state index in [1.54, 1.807) is 26.2 Å². The van der Waals surface area contributed by atoms with Crippen LogP contribution < -0.4 is 0 Å². The molecule has 0 aliphatic heterocycles. The second-order valence-corrected chi connectivity index (χ2v) is 5.63. The van der Waals surface area contributed by atoms with Gasteiger partial charge in [-0.3, -0.25) is 14.4 Å². The summed E-state index contributed by atoms with van der Waals surface area (Å²) in [6, 6.07) is 3.66. The van der Waals surface area contributed by atoms with Crippen molar-refractivity contribution >= 4 is 17.7 Å². The Bertz CT molecular complexity index is 540. The summed E-state index contributed by atoms with van der Waals surface area (Å²) < 4.78 is 11.7. The molecule has 0 atom stereocenters. The number of carbonyl (C=O) groups excluding carboxylic acids is 3. The van der Waals surface area contributed by atoms with Gasteiger partial charge in [-0.2, -0.15) is 0 Å². The van der Waals surface area contributed by atoms with Gasteiger partial charge in [0.25, 0.3) is 0 Å². The van der Waals surface area contributed by atoms with E-state index in [1.165, 1.54) is 0 Å². The van der Waals surface area contributed by atoms with Gasteiger partial charge < -0.3 is 14.0 Å². The van der Waals surface area contributed by atoms with Crippen molar-refractivity contribution < 1.29 is 23.9 Å². The first-order valence-corrected chi connectivity index (χ1v) is 8.08. The first kappa shape index (κ1) is 17.2. The molecule has 0 aromatic carbocycles. The van der Waals surface area contributed by atoms with Gasteiger partial charge >= 0.3 is 11.9 Å². The van der Waals surface area contributed by atoms with Crippen LogP contribution >= 0.6 is 0 Å². The Labute approximate surface area is 135 Å². The molecular weight excluding hydrogens is 298 g/mol. The molecule has 1 aliphatic rings. The lowest BCUT2D eigenvalue weighted by atomic mass is 9.83. The minimum atomic E-state index is -1.52. The maximum absolute atomic E-state index is 13.2. The summed E-state index contributed by atoms with van der Waals surface area (Å²) in [6.07, 6.45) is 6.57. The highest BCUT2D eigenvalue weighted by molar-refractivity contribution is 6.17. The van der Waals surface area contributed by atoms with E-state index in [-0.39, 0.29) is 13.2 Å². The summed E-state index contributed by atoms with van der Waals surface area (Å²) in [4.78, 5) is 37.6. The smallest absolute Gasteiger partial charge is 0.328 e. The monoisotopic (exact) mass is 321 g/mol. The topological polar surface area (TPSA) is 74.6 Å². The van der Waals surface area contributed by atoms with Crippen molar-refractivity contribution in [3.05, 3.63) is 24.5 Å². The first-order chi connectivity index (χ1) is 11.1. The molecule has 1 saturated carbocycles. The number of aromatic nitrogens is 1. The molecule has 1 aromatic heterocycles. The maximum Gasteiger partial charge on any atom is 0.328 e. The van der Waals surface area contributed by atoms with Crippen molar-refractivity contribution in [2.45, 2.75) is 45.1 Å². The maximum atomic E-state index is 13.2. The molecule has 0 N–H and O–H groups in total. The zero-order chi connectivity index (χ0) is 16.9. The fourth-order valence-electron chi connectivity index (χ4n) is 3.24. The van der Waals surface area contributed by atoms with Crippen molar-refractivity contribution in [2.75, 3.05) is 13.2 Å². The fourth-order valence-corrected chi connectivity index (χ4v) is 3.24. The zero-order valence-electron chi connectivity index (χ0n) is 13.6. The summed E-state index contributed by atoms with van der Waals surface area (Å²) >= 11 is 0. The van der Waals surface area contributed by atoms with Crippen molar-refractivity contribution in [2.24, 2.45) is 5.92 Å². The number of carbonyl (C=O) groups is 3. The molecule has 0 radical (unpaired) electrons. The number of ketones is 1. The van der Waals surface area contributed by atoms with Gasteiger partial charge in [-0.05, 0) is 38.8 Å². The average Bonchev–Trinajstić information content (AvgIpc) is 3.20. The van der Waals surface area contributed by atoms with Crippen LogP contribution in [0.2, 0.25) is 0 Å². The van der Waals surface area contributed by atoms with Gasteiger partial charge in [-0.15, -0.1) is 0 Å². The number of nitrogens with zero attached hydrogens (tertiary/aromatic N) is 1. The third kappa shape index (κ3) is 3.30. The van der Waals surface area contributed by atoms with Crippen molar-refractivity contribution in [1.82, 2.24) is 4.57 Å². The third-order valence-electron chi connectivity index (χ3n) is 4.29. The Morgan fingerprint density at radius 1 is 1.00 bits per heavy atom. The number of Topliss-reactive ketones (excluding diaryl/α,β-unsaturated/α-hetero) is 1. The Kier molecular flexibility index (Phi) is 5.58. The normalized spacial score (nSPS) is 16.3. The minimum Gasteiger partial charge on any atom is -0.465 e. The van der Waals surface area contributed by atoms with Crippen LogP contribution in [0.25, 0.3) is 0 Å². The van der Waals surface area contributed by atoms with Crippen molar-refractivity contribution in [1.29, 1.82) is 0 Å². The molecule has 6 nitrogen and oxygen atoms in total. The molecule has 1 heterocycles. The lowest BCUT2D eigenvalue weighted by Gasteiger charge is -2.31. The standard InChI is InChI=1S/C17H23NO5/c1-3-22-15(20)13(16(21)23-4-2)14(19)17(9-5-6-10-17)18-11-7-8-12-18/h7-8,11-13H,3-6,9-10H2,1-2H3. The number of hydrogen-bond donors (Lipinski definition) is 0. The van der Waals surface area contributed by atoms with E-state index in [2.05, 4.69) is 0 Å². The number of rotatable bonds is 7. The van der Waals surface area contributed by atoms with E-state index in [9.17, 15) is 14.4 Å². The molecule has 1 fully saturated rings. The molecule has 6 heteroatoms. The van der Waals surface area contributed by atoms with E-state index in [0.717, 1.165) is 12.8 Å². The molecule has 126 valence electrons. The van der Waals surface area contributed by atoms with Gasteiger partial charge in [0.2, 0.25) is 5.92 Å². The van der Waals surface area contributed by atoms with E-state index >= 15 is 0 Å². The molecule has 1 aliphatic carbocycles. The average molecular weight is 321 g/mol. The Balaban J connectivity index is 2.37.